The first kappa shape index (κ1) is 34.1. The molecule has 10 nitrogen and oxygen atoms in total. The number of allylic oxidation sites excluding steroid dienone is 3. The van der Waals surface area contributed by atoms with Crippen molar-refractivity contribution in [1.29, 1.82) is 0 Å². The zero-order valence-corrected chi connectivity index (χ0v) is 26.9. The van der Waals surface area contributed by atoms with Crippen LogP contribution in [0.1, 0.15) is 47.0 Å². The standard InChI is InChI=1S/C34H45N5O5/c1-9-12-13-25-21-30(34(4,5)44-29(25)16-19-42-33(41)11-3)43-32-22-26(35-23-36-32)24-14-15-28(39(8)18-17-38(6)7)27(20-24)37-31(40)10-2/h10,12-16,19-20,22-23,30H,2,9,11,17-18,21H2,1,3-8H3,(H,37,40)/b13-12+,19-16+. The molecule has 1 N–H and O–H groups in total. The molecule has 3 rings (SSSR count). The summed E-state index contributed by atoms with van der Waals surface area (Å²) in [6, 6.07) is 7.60. The molecule has 0 aliphatic carbocycles. The van der Waals surface area contributed by atoms with Crippen LogP contribution in [-0.2, 0) is 19.1 Å². The molecule has 236 valence electrons. The van der Waals surface area contributed by atoms with Gasteiger partial charge in [0, 0.05) is 50.7 Å². The molecule has 0 radical (unpaired) electrons. The summed E-state index contributed by atoms with van der Waals surface area (Å²) in [6.45, 7) is 12.9. The zero-order valence-electron chi connectivity index (χ0n) is 26.9. The number of anilines is 2. The van der Waals surface area contributed by atoms with Crippen molar-refractivity contribution in [1.82, 2.24) is 14.9 Å². The number of aromatic nitrogens is 2. The number of benzene rings is 1. The van der Waals surface area contributed by atoms with Gasteiger partial charge < -0.3 is 29.3 Å². The smallest absolute Gasteiger partial charge is 0.310 e. The van der Waals surface area contributed by atoms with E-state index >= 15 is 0 Å². The SMILES string of the molecule is C=CC(=O)Nc1cc(-c2cc(OC3CC(/C=C/CC)=C(/C=C/OC(=O)CC)OC3(C)C)ncn2)ccc1N(C)CCN(C)C. The minimum absolute atomic E-state index is 0.290. The van der Waals surface area contributed by atoms with Crippen molar-refractivity contribution in [2.45, 2.75) is 58.7 Å². The summed E-state index contributed by atoms with van der Waals surface area (Å²) in [5, 5.41) is 2.93. The van der Waals surface area contributed by atoms with E-state index in [1.54, 1.807) is 19.1 Å². The van der Waals surface area contributed by atoms with Crippen LogP contribution in [0, 0.1) is 0 Å². The largest absolute Gasteiger partial charge is 0.484 e. The maximum absolute atomic E-state index is 12.3. The Kier molecular flexibility index (Phi) is 12.3. The highest BCUT2D eigenvalue weighted by atomic mass is 16.6. The second-order valence-corrected chi connectivity index (χ2v) is 11.3. The van der Waals surface area contributed by atoms with Gasteiger partial charge in [-0.25, -0.2) is 9.97 Å². The normalized spacial score (nSPS) is 16.2. The second kappa shape index (κ2) is 15.9. The lowest BCUT2D eigenvalue weighted by Gasteiger charge is -2.39. The molecule has 0 fully saturated rings. The number of hydrogen-bond acceptors (Lipinski definition) is 9. The Morgan fingerprint density at radius 2 is 1.91 bits per heavy atom. The van der Waals surface area contributed by atoms with Gasteiger partial charge in [-0.3, -0.25) is 9.59 Å². The van der Waals surface area contributed by atoms with Gasteiger partial charge >= 0.3 is 5.97 Å². The van der Waals surface area contributed by atoms with Crippen LogP contribution in [0.2, 0.25) is 0 Å². The van der Waals surface area contributed by atoms with Crippen molar-refractivity contribution in [3.8, 4) is 17.1 Å². The van der Waals surface area contributed by atoms with Gasteiger partial charge in [0.15, 0.2) is 0 Å². The molecule has 2 aromatic rings. The van der Waals surface area contributed by atoms with Gasteiger partial charge in [0.1, 0.15) is 23.8 Å². The Hall–Kier alpha value is -4.44. The molecule has 1 unspecified atom stereocenters. The maximum atomic E-state index is 12.3. The van der Waals surface area contributed by atoms with Gasteiger partial charge in [-0.05, 0) is 58.1 Å². The van der Waals surface area contributed by atoms with E-state index in [9.17, 15) is 9.59 Å². The molecule has 1 amide bonds. The van der Waals surface area contributed by atoms with E-state index in [-0.39, 0.29) is 24.4 Å². The van der Waals surface area contributed by atoms with Crippen LogP contribution in [0.3, 0.4) is 0 Å². The van der Waals surface area contributed by atoms with Crippen molar-refractivity contribution < 1.29 is 23.8 Å². The fraction of sp³-hybridized carbons (Fsp3) is 0.412. The molecule has 0 bridgehead atoms. The molecule has 2 heterocycles. The molecule has 1 aliphatic rings. The molecule has 1 aliphatic heterocycles. The average molecular weight is 604 g/mol. The van der Waals surface area contributed by atoms with Crippen LogP contribution in [0.15, 0.2) is 79.1 Å². The number of nitrogens with zero attached hydrogens (tertiary/aromatic N) is 4. The van der Waals surface area contributed by atoms with Crippen molar-refractivity contribution in [2.75, 3.05) is 44.4 Å². The molecular weight excluding hydrogens is 558 g/mol. The summed E-state index contributed by atoms with van der Waals surface area (Å²) >= 11 is 0. The minimum atomic E-state index is -0.718. The number of carbonyl (C=O) groups is 2. The highest BCUT2D eigenvalue weighted by Gasteiger charge is 2.39. The van der Waals surface area contributed by atoms with E-state index in [0.717, 1.165) is 36.3 Å². The van der Waals surface area contributed by atoms with Crippen molar-refractivity contribution in [3.05, 3.63) is 79.1 Å². The van der Waals surface area contributed by atoms with Crippen LogP contribution in [0.4, 0.5) is 11.4 Å². The van der Waals surface area contributed by atoms with Crippen LogP contribution in [0.25, 0.3) is 11.3 Å². The summed E-state index contributed by atoms with van der Waals surface area (Å²) in [5.41, 5.74) is 3.17. The Morgan fingerprint density at radius 3 is 2.59 bits per heavy atom. The predicted molar refractivity (Wildman–Crippen MR) is 174 cm³/mol. The van der Waals surface area contributed by atoms with Gasteiger partial charge in [-0.15, -0.1) is 0 Å². The summed E-state index contributed by atoms with van der Waals surface area (Å²) in [6.07, 6.45) is 11.1. The summed E-state index contributed by atoms with van der Waals surface area (Å²) < 4.78 is 17.9. The fourth-order valence-corrected chi connectivity index (χ4v) is 4.44. The zero-order chi connectivity index (χ0) is 32.3. The first-order chi connectivity index (χ1) is 21.0. The summed E-state index contributed by atoms with van der Waals surface area (Å²) in [7, 11) is 6.03. The van der Waals surface area contributed by atoms with Gasteiger partial charge in [-0.2, -0.15) is 0 Å². The minimum Gasteiger partial charge on any atom is -0.484 e. The number of carbonyl (C=O) groups excluding carboxylic acids is 2. The van der Waals surface area contributed by atoms with E-state index in [1.165, 1.54) is 18.7 Å². The highest BCUT2D eigenvalue weighted by Crippen LogP contribution is 2.36. The number of nitrogens with one attached hydrogen (secondary N) is 1. The fourth-order valence-electron chi connectivity index (χ4n) is 4.44. The second-order valence-electron chi connectivity index (χ2n) is 11.3. The van der Waals surface area contributed by atoms with E-state index in [4.69, 9.17) is 14.2 Å². The van der Waals surface area contributed by atoms with Gasteiger partial charge in [0.25, 0.3) is 0 Å². The Labute approximate surface area is 261 Å². The van der Waals surface area contributed by atoms with Gasteiger partial charge in [-0.1, -0.05) is 38.6 Å². The maximum Gasteiger partial charge on any atom is 0.310 e. The van der Waals surface area contributed by atoms with E-state index in [1.807, 2.05) is 65.3 Å². The molecule has 10 heteroatoms. The molecular formula is C34H45N5O5. The first-order valence-corrected chi connectivity index (χ1v) is 14.8. The predicted octanol–water partition coefficient (Wildman–Crippen LogP) is 5.90. The third-order valence-corrected chi connectivity index (χ3v) is 7.07. The summed E-state index contributed by atoms with van der Waals surface area (Å²) in [5.74, 6) is 0.408. The number of amides is 1. The van der Waals surface area contributed by atoms with E-state index in [2.05, 4.69) is 38.6 Å². The number of ether oxygens (including phenoxy) is 3. The van der Waals surface area contributed by atoms with E-state index in [0.29, 0.717) is 29.4 Å². The van der Waals surface area contributed by atoms with Crippen LogP contribution >= 0.6 is 0 Å². The van der Waals surface area contributed by atoms with Crippen molar-refractivity contribution in [3.63, 3.8) is 0 Å². The molecule has 1 aromatic carbocycles. The quantitative estimate of drug-likeness (QED) is 0.160. The third-order valence-electron chi connectivity index (χ3n) is 7.07. The molecule has 1 atom stereocenters. The first-order valence-electron chi connectivity index (χ1n) is 14.8. The lowest BCUT2D eigenvalue weighted by molar-refractivity contribution is -0.137. The lowest BCUT2D eigenvalue weighted by Crippen LogP contribution is -2.46. The molecule has 1 aromatic heterocycles. The average Bonchev–Trinajstić information content (AvgIpc) is 3.00. The van der Waals surface area contributed by atoms with Crippen LogP contribution in [-0.4, -0.2) is 72.7 Å². The molecule has 0 spiro atoms. The Balaban J connectivity index is 1.89. The van der Waals surface area contributed by atoms with Crippen molar-refractivity contribution in [2.24, 2.45) is 0 Å². The van der Waals surface area contributed by atoms with Crippen LogP contribution < -0.4 is 15.0 Å². The van der Waals surface area contributed by atoms with Crippen molar-refractivity contribution >= 4 is 23.3 Å². The monoisotopic (exact) mass is 603 g/mol. The van der Waals surface area contributed by atoms with E-state index < -0.39 is 5.60 Å². The molecule has 0 saturated carbocycles. The molecule has 0 saturated heterocycles. The topological polar surface area (TPSA) is 106 Å². The Morgan fingerprint density at radius 1 is 1.14 bits per heavy atom. The Bertz CT molecular complexity index is 1410. The molecule has 44 heavy (non-hydrogen) atoms. The van der Waals surface area contributed by atoms with Crippen LogP contribution in [0.5, 0.6) is 5.88 Å². The van der Waals surface area contributed by atoms with Gasteiger partial charge in [0.05, 0.1) is 23.3 Å². The number of hydrogen-bond donors (Lipinski definition) is 1. The number of likely N-dealkylation sites (N-methyl/N-ethyl adjacent to an activating group) is 2. The number of esters is 1. The lowest BCUT2D eigenvalue weighted by atomic mass is 9.90. The highest BCUT2D eigenvalue weighted by molar-refractivity contribution is 6.01. The van der Waals surface area contributed by atoms with Gasteiger partial charge in [0.2, 0.25) is 11.8 Å². The number of rotatable bonds is 14. The third kappa shape index (κ3) is 9.54. The summed E-state index contributed by atoms with van der Waals surface area (Å²) in [4.78, 5) is 36.9.